The van der Waals surface area contributed by atoms with Crippen LogP contribution in [0.2, 0.25) is 0 Å². The summed E-state index contributed by atoms with van der Waals surface area (Å²) in [4.78, 5) is 12.4. The number of hydrogen-bond acceptors (Lipinski definition) is 2. The van der Waals surface area contributed by atoms with E-state index in [1.54, 1.807) is 0 Å². The number of carbonyl (C=O) groups is 1. The van der Waals surface area contributed by atoms with Crippen molar-refractivity contribution < 1.29 is 9.90 Å². The van der Waals surface area contributed by atoms with Gasteiger partial charge in [-0.2, -0.15) is 0 Å². The minimum atomic E-state index is 0.0419. The summed E-state index contributed by atoms with van der Waals surface area (Å²) < 4.78 is 0. The number of rotatable bonds is 5. The summed E-state index contributed by atoms with van der Waals surface area (Å²) in [5, 5.41) is 9.64. The van der Waals surface area contributed by atoms with E-state index < -0.39 is 0 Å². The molecule has 0 aromatic rings. The van der Waals surface area contributed by atoms with Crippen molar-refractivity contribution in [2.75, 3.05) is 0 Å². The summed E-state index contributed by atoms with van der Waals surface area (Å²) in [6, 6.07) is 0. The third kappa shape index (κ3) is 3.51. The molecule has 4 aliphatic rings. The average Bonchev–Trinajstić information content (AvgIpc) is 3.05. The van der Waals surface area contributed by atoms with Gasteiger partial charge in [0.05, 0.1) is 6.26 Å². The minimum Gasteiger partial charge on any atom is -0.515 e. The fourth-order valence-corrected chi connectivity index (χ4v) is 8.68. The maximum Gasteiger partial charge on any atom is 0.184 e. The van der Waals surface area contributed by atoms with Crippen LogP contribution in [-0.4, -0.2) is 10.9 Å². The van der Waals surface area contributed by atoms with Crippen LogP contribution in [0, 0.1) is 46.3 Å². The van der Waals surface area contributed by atoms with Gasteiger partial charge in [0.25, 0.3) is 0 Å². The zero-order valence-corrected chi connectivity index (χ0v) is 20.0. The van der Waals surface area contributed by atoms with Gasteiger partial charge in [-0.1, -0.05) is 59.5 Å². The molecule has 30 heavy (non-hydrogen) atoms. The molecule has 4 rings (SSSR count). The van der Waals surface area contributed by atoms with Crippen molar-refractivity contribution in [1.29, 1.82) is 0 Å². The lowest BCUT2D eigenvalue weighted by Crippen LogP contribution is -2.51. The Balaban J connectivity index is 1.52. The number of allylic oxidation sites excluding steroid dienone is 2. The van der Waals surface area contributed by atoms with E-state index in [1.165, 1.54) is 56.9 Å². The van der Waals surface area contributed by atoms with Crippen molar-refractivity contribution in [1.82, 2.24) is 0 Å². The highest BCUT2D eigenvalue weighted by Gasteiger charge is 2.59. The molecule has 0 radical (unpaired) electrons. The zero-order chi connectivity index (χ0) is 21.7. The van der Waals surface area contributed by atoms with Gasteiger partial charge in [-0.25, -0.2) is 0 Å². The lowest BCUT2D eigenvalue weighted by Gasteiger charge is -2.58. The van der Waals surface area contributed by atoms with Gasteiger partial charge in [0, 0.05) is 5.57 Å². The van der Waals surface area contributed by atoms with Crippen LogP contribution in [0.4, 0.5) is 0 Å². The van der Waals surface area contributed by atoms with E-state index in [4.69, 9.17) is 0 Å². The quantitative estimate of drug-likeness (QED) is 0.372. The standard InChI is InChI=1S/C28H44O2/c1-18(2)7-6-8-19(3)23-11-12-24-22-10-9-21-15-26(30)20(17-29)16-28(21,5)25(22)13-14-27(23,24)4/h15,17-19,22-25,29H,6-14,16H2,1-5H3/b20-17+/t19-,22+,23-,24+,25+,27-,28+/m1/s1. The molecule has 0 spiro atoms. The molecular formula is C28H44O2. The van der Waals surface area contributed by atoms with E-state index in [9.17, 15) is 9.90 Å². The van der Waals surface area contributed by atoms with Crippen molar-refractivity contribution in [3.8, 4) is 0 Å². The molecule has 0 heterocycles. The lowest BCUT2D eigenvalue weighted by molar-refractivity contribution is -0.113. The predicted molar refractivity (Wildman–Crippen MR) is 124 cm³/mol. The van der Waals surface area contributed by atoms with Gasteiger partial charge in [0.15, 0.2) is 5.78 Å². The van der Waals surface area contributed by atoms with Crippen molar-refractivity contribution >= 4 is 5.78 Å². The number of fused-ring (bicyclic) bond motifs is 5. The zero-order valence-electron chi connectivity index (χ0n) is 20.0. The maximum absolute atomic E-state index is 12.4. The van der Waals surface area contributed by atoms with Crippen LogP contribution in [0.5, 0.6) is 0 Å². The van der Waals surface area contributed by atoms with E-state index in [-0.39, 0.29) is 11.2 Å². The summed E-state index contributed by atoms with van der Waals surface area (Å²) in [6.07, 6.45) is 15.7. The summed E-state index contributed by atoms with van der Waals surface area (Å²) in [5.74, 6) is 4.93. The molecule has 1 N–H and O–H groups in total. The summed E-state index contributed by atoms with van der Waals surface area (Å²) in [5.41, 5.74) is 2.59. The number of hydrogen-bond donors (Lipinski definition) is 1. The van der Waals surface area contributed by atoms with E-state index >= 15 is 0 Å². The van der Waals surface area contributed by atoms with Crippen LogP contribution < -0.4 is 0 Å². The molecular weight excluding hydrogens is 368 g/mol. The molecule has 3 fully saturated rings. The van der Waals surface area contributed by atoms with Crippen LogP contribution >= 0.6 is 0 Å². The highest BCUT2D eigenvalue weighted by molar-refractivity contribution is 6.05. The van der Waals surface area contributed by atoms with Gasteiger partial charge in [0.1, 0.15) is 0 Å². The first-order chi connectivity index (χ1) is 14.2. The molecule has 0 aliphatic heterocycles. The second-order valence-electron chi connectivity index (χ2n) is 12.2. The molecule has 0 amide bonds. The molecule has 0 saturated heterocycles. The van der Waals surface area contributed by atoms with Gasteiger partial charge in [-0.05, 0) is 97.4 Å². The second kappa shape index (κ2) is 8.14. The van der Waals surface area contributed by atoms with Gasteiger partial charge in [-0.15, -0.1) is 0 Å². The first-order valence-electron chi connectivity index (χ1n) is 12.8. The summed E-state index contributed by atoms with van der Waals surface area (Å²) in [6.45, 7) is 12.3. The average molecular weight is 413 g/mol. The Bertz CT molecular complexity index is 731. The molecule has 7 atom stereocenters. The van der Waals surface area contributed by atoms with Gasteiger partial charge in [0.2, 0.25) is 0 Å². The largest absolute Gasteiger partial charge is 0.515 e. The molecule has 0 unspecified atom stereocenters. The van der Waals surface area contributed by atoms with Crippen LogP contribution in [-0.2, 0) is 4.79 Å². The number of aliphatic hydroxyl groups excluding tert-OH is 1. The smallest absolute Gasteiger partial charge is 0.184 e. The van der Waals surface area contributed by atoms with Gasteiger partial charge in [-0.3, -0.25) is 4.79 Å². The fraction of sp³-hybridized carbons (Fsp3) is 0.821. The van der Waals surface area contributed by atoms with E-state index in [0.717, 1.165) is 48.7 Å². The topological polar surface area (TPSA) is 37.3 Å². The summed E-state index contributed by atoms with van der Waals surface area (Å²) in [7, 11) is 0. The number of carbonyl (C=O) groups excluding carboxylic acids is 1. The molecule has 4 aliphatic carbocycles. The normalized spacial score (nSPS) is 43.2. The SMILES string of the molecule is CC(C)CCC[C@@H](C)[C@H]1CC[C@H]2[C@@H]3CCC4=CC(=O)/C(=C/O)C[C@]4(C)[C@H]3CC[C@]12C. The first kappa shape index (κ1) is 22.2. The third-order valence-electron chi connectivity index (χ3n) is 10.3. The molecule has 3 saturated carbocycles. The fourth-order valence-electron chi connectivity index (χ4n) is 8.68. The Morgan fingerprint density at radius 1 is 1.10 bits per heavy atom. The number of aliphatic hydroxyl groups is 1. The predicted octanol–water partition coefficient (Wildman–Crippen LogP) is 7.65. The van der Waals surface area contributed by atoms with E-state index in [1.807, 2.05) is 6.08 Å². The van der Waals surface area contributed by atoms with Crippen LogP contribution in [0.25, 0.3) is 0 Å². The van der Waals surface area contributed by atoms with E-state index in [0.29, 0.717) is 16.9 Å². The van der Waals surface area contributed by atoms with Crippen molar-refractivity contribution in [3.05, 3.63) is 23.5 Å². The van der Waals surface area contributed by atoms with E-state index in [2.05, 4.69) is 34.6 Å². The Hall–Kier alpha value is -1.05. The molecule has 0 aromatic heterocycles. The lowest BCUT2D eigenvalue weighted by atomic mass is 9.46. The molecule has 2 nitrogen and oxygen atoms in total. The Kier molecular flexibility index (Phi) is 6.01. The molecule has 0 bridgehead atoms. The Labute approximate surface area is 184 Å². The van der Waals surface area contributed by atoms with Crippen molar-refractivity contribution in [2.24, 2.45) is 46.3 Å². The molecule has 168 valence electrons. The Morgan fingerprint density at radius 3 is 2.57 bits per heavy atom. The van der Waals surface area contributed by atoms with Crippen LogP contribution in [0.3, 0.4) is 0 Å². The summed E-state index contributed by atoms with van der Waals surface area (Å²) >= 11 is 0. The second-order valence-corrected chi connectivity index (χ2v) is 12.2. The molecule has 0 aromatic carbocycles. The highest BCUT2D eigenvalue weighted by Crippen LogP contribution is 2.67. The highest BCUT2D eigenvalue weighted by atomic mass is 16.2. The van der Waals surface area contributed by atoms with Crippen LogP contribution in [0.1, 0.15) is 98.8 Å². The van der Waals surface area contributed by atoms with Crippen molar-refractivity contribution in [3.63, 3.8) is 0 Å². The maximum atomic E-state index is 12.4. The van der Waals surface area contributed by atoms with Gasteiger partial charge < -0.3 is 5.11 Å². The Morgan fingerprint density at radius 2 is 1.87 bits per heavy atom. The molecule has 2 heteroatoms. The monoisotopic (exact) mass is 412 g/mol. The van der Waals surface area contributed by atoms with Crippen molar-refractivity contribution in [2.45, 2.75) is 98.8 Å². The first-order valence-corrected chi connectivity index (χ1v) is 12.8. The number of ketones is 1. The minimum absolute atomic E-state index is 0.0419. The van der Waals surface area contributed by atoms with Crippen LogP contribution in [0.15, 0.2) is 23.5 Å². The van der Waals surface area contributed by atoms with Gasteiger partial charge >= 0.3 is 0 Å². The third-order valence-corrected chi connectivity index (χ3v) is 10.3.